The Morgan fingerprint density at radius 3 is 2.46 bits per heavy atom. The number of rotatable bonds is 4. The number of carbonyl (C=O) groups is 2. The van der Waals surface area contributed by atoms with E-state index in [1.807, 2.05) is 40.8 Å². The molecule has 0 bridgehead atoms. The molecule has 0 unspecified atom stereocenters. The minimum absolute atomic E-state index is 0.382. The lowest BCUT2D eigenvalue weighted by molar-refractivity contribution is -0.123. The molecule has 0 spiro atoms. The molecule has 0 saturated heterocycles. The first kappa shape index (κ1) is 17.7. The van der Waals surface area contributed by atoms with E-state index in [-0.39, 0.29) is 5.91 Å². The van der Waals surface area contributed by atoms with Crippen LogP contribution in [0.2, 0.25) is 0 Å². The molecule has 0 aliphatic heterocycles. The van der Waals surface area contributed by atoms with Gasteiger partial charge in [-0.3, -0.25) is 9.48 Å². The fraction of sp³-hybridized carbons (Fsp3) is 0.389. The Labute approximate surface area is 141 Å². The number of nitrogens with zero attached hydrogens (tertiary/aromatic N) is 2. The van der Waals surface area contributed by atoms with Crippen LogP contribution in [0.5, 0.6) is 0 Å². The molecule has 1 aromatic carbocycles. The molecule has 2 aromatic rings. The van der Waals surface area contributed by atoms with E-state index in [0.717, 1.165) is 22.5 Å². The second-order valence-electron chi connectivity index (χ2n) is 5.95. The number of aryl methyl sites for hydroxylation is 3. The normalized spacial score (nSPS) is 11.9. The third-order valence-corrected chi connectivity index (χ3v) is 4.23. The Hall–Kier alpha value is -2.63. The van der Waals surface area contributed by atoms with Gasteiger partial charge in [0, 0.05) is 7.05 Å². The molecule has 128 valence electrons. The fourth-order valence-corrected chi connectivity index (χ4v) is 2.43. The van der Waals surface area contributed by atoms with Crippen molar-refractivity contribution < 1.29 is 14.3 Å². The van der Waals surface area contributed by atoms with Crippen LogP contribution < -0.4 is 5.32 Å². The Bertz CT molecular complexity index is 793. The van der Waals surface area contributed by atoms with Crippen LogP contribution in [0.3, 0.4) is 0 Å². The van der Waals surface area contributed by atoms with Crippen LogP contribution in [0.1, 0.15) is 39.8 Å². The Balaban J connectivity index is 2.09. The summed E-state index contributed by atoms with van der Waals surface area (Å²) >= 11 is 0. The molecule has 24 heavy (non-hydrogen) atoms. The highest BCUT2D eigenvalue weighted by molar-refractivity contribution is 5.98. The minimum atomic E-state index is -0.906. The topological polar surface area (TPSA) is 73.2 Å². The molecule has 2 rings (SSSR count). The molecule has 0 radical (unpaired) electrons. The van der Waals surface area contributed by atoms with Crippen LogP contribution in [-0.2, 0) is 16.6 Å². The van der Waals surface area contributed by atoms with Gasteiger partial charge in [-0.2, -0.15) is 5.10 Å². The monoisotopic (exact) mass is 329 g/mol. The molecule has 1 amide bonds. The molecule has 1 heterocycles. The van der Waals surface area contributed by atoms with Gasteiger partial charge in [0.2, 0.25) is 0 Å². The highest BCUT2D eigenvalue weighted by Gasteiger charge is 2.22. The molecule has 0 aliphatic carbocycles. The molecule has 1 atom stereocenters. The predicted octanol–water partition coefficient (Wildman–Crippen LogP) is 2.84. The van der Waals surface area contributed by atoms with Gasteiger partial charge < -0.3 is 10.1 Å². The number of anilines is 1. The number of benzene rings is 1. The lowest BCUT2D eigenvalue weighted by atomic mass is 10.0. The van der Waals surface area contributed by atoms with Crippen LogP contribution in [0.25, 0.3) is 0 Å². The molecule has 0 saturated carbocycles. The van der Waals surface area contributed by atoms with E-state index >= 15 is 0 Å². The third kappa shape index (κ3) is 3.48. The average Bonchev–Trinajstić information content (AvgIpc) is 2.76. The van der Waals surface area contributed by atoms with Crippen molar-refractivity contribution in [3.63, 3.8) is 0 Å². The van der Waals surface area contributed by atoms with Crippen molar-refractivity contribution in [2.24, 2.45) is 7.05 Å². The molecule has 1 aromatic heterocycles. The molecular weight excluding hydrogens is 306 g/mol. The molecule has 6 heteroatoms. The van der Waals surface area contributed by atoms with Gasteiger partial charge in [-0.15, -0.1) is 0 Å². The van der Waals surface area contributed by atoms with Gasteiger partial charge in [-0.25, -0.2) is 4.79 Å². The van der Waals surface area contributed by atoms with Crippen molar-refractivity contribution in [2.75, 3.05) is 5.32 Å². The van der Waals surface area contributed by atoms with E-state index in [9.17, 15) is 9.59 Å². The first-order valence-electron chi connectivity index (χ1n) is 7.80. The minimum Gasteiger partial charge on any atom is -0.449 e. The second-order valence-corrected chi connectivity index (χ2v) is 5.95. The first-order chi connectivity index (χ1) is 11.2. The number of nitrogens with one attached hydrogen (secondary N) is 1. The molecular formula is C18H23N3O3. The largest absolute Gasteiger partial charge is 0.449 e. The van der Waals surface area contributed by atoms with Gasteiger partial charge in [0.25, 0.3) is 5.91 Å². The summed E-state index contributed by atoms with van der Waals surface area (Å²) in [4.78, 5) is 24.6. The van der Waals surface area contributed by atoms with Gasteiger partial charge in [-0.1, -0.05) is 12.1 Å². The van der Waals surface area contributed by atoms with Gasteiger partial charge in [0.1, 0.15) is 0 Å². The molecule has 1 N–H and O–H groups in total. The summed E-state index contributed by atoms with van der Waals surface area (Å²) in [5, 5.41) is 7.03. The SMILES string of the molecule is Cc1cccc(C(=O)O[C@@H](C)C(=O)Nc2c(C)nn(C)c2C)c1C. The Morgan fingerprint density at radius 1 is 1.21 bits per heavy atom. The second kappa shape index (κ2) is 6.86. The van der Waals surface area contributed by atoms with Crippen molar-refractivity contribution in [1.82, 2.24) is 9.78 Å². The van der Waals surface area contributed by atoms with Crippen LogP contribution in [-0.4, -0.2) is 27.8 Å². The summed E-state index contributed by atoms with van der Waals surface area (Å²) in [5.74, 6) is -0.883. The van der Waals surface area contributed by atoms with E-state index < -0.39 is 12.1 Å². The third-order valence-electron chi connectivity index (χ3n) is 4.23. The van der Waals surface area contributed by atoms with Gasteiger partial charge >= 0.3 is 5.97 Å². The summed E-state index contributed by atoms with van der Waals surface area (Å²) in [6, 6.07) is 5.42. The summed E-state index contributed by atoms with van der Waals surface area (Å²) in [7, 11) is 1.81. The van der Waals surface area contributed by atoms with E-state index in [1.165, 1.54) is 0 Å². The van der Waals surface area contributed by atoms with E-state index in [4.69, 9.17) is 4.74 Å². The standard InChI is InChI=1S/C18H23N3O3/c1-10-8-7-9-15(11(10)2)18(23)24-14(5)17(22)19-16-12(3)20-21(6)13(16)4/h7-9,14H,1-6H3,(H,19,22)/t14-/m0/s1. The maximum Gasteiger partial charge on any atom is 0.339 e. The van der Waals surface area contributed by atoms with Crippen LogP contribution in [0, 0.1) is 27.7 Å². The first-order valence-corrected chi connectivity index (χ1v) is 7.80. The zero-order valence-electron chi connectivity index (χ0n) is 14.9. The smallest absolute Gasteiger partial charge is 0.339 e. The molecule has 0 fully saturated rings. The highest BCUT2D eigenvalue weighted by atomic mass is 16.5. The Morgan fingerprint density at radius 2 is 1.88 bits per heavy atom. The zero-order valence-corrected chi connectivity index (χ0v) is 14.9. The lowest BCUT2D eigenvalue weighted by Gasteiger charge is -2.15. The van der Waals surface area contributed by atoms with Gasteiger partial charge in [-0.05, 0) is 51.8 Å². The number of hydrogen-bond acceptors (Lipinski definition) is 4. The fourth-order valence-electron chi connectivity index (χ4n) is 2.43. The zero-order chi connectivity index (χ0) is 18.0. The van der Waals surface area contributed by atoms with E-state index in [2.05, 4.69) is 10.4 Å². The maximum absolute atomic E-state index is 12.3. The number of ether oxygens (including phenoxy) is 1. The average molecular weight is 329 g/mol. The molecule has 6 nitrogen and oxygen atoms in total. The van der Waals surface area contributed by atoms with E-state index in [1.54, 1.807) is 23.7 Å². The van der Waals surface area contributed by atoms with Gasteiger partial charge in [0.05, 0.1) is 22.6 Å². The summed E-state index contributed by atoms with van der Waals surface area (Å²) in [5.41, 5.74) is 4.54. The number of carbonyl (C=O) groups excluding carboxylic acids is 2. The van der Waals surface area contributed by atoms with Crippen LogP contribution >= 0.6 is 0 Å². The quantitative estimate of drug-likeness (QED) is 0.876. The van der Waals surface area contributed by atoms with Crippen molar-refractivity contribution in [3.8, 4) is 0 Å². The summed E-state index contributed by atoms with van der Waals surface area (Å²) < 4.78 is 7.01. The van der Waals surface area contributed by atoms with Crippen molar-refractivity contribution in [3.05, 3.63) is 46.3 Å². The number of aromatic nitrogens is 2. The highest BCUT2D eigenvalue weighted by Crippen LogP contribution is 2.19. The van der Waals surface area contributed by atoms with Gasteiger partial charge in [0.15, 0.2) is 6.10 Å². The number of amides is 1. The maximum atomic E-state index is 12.3. The predicted molar refractivity (Wildman–Crippen MR) is 92.1 cm³/mol. The number of esters is 1. The van der Waals surface area contributed by atoms with Crippen molar-refractivity contribution in [2.45, 2.75) is 40.7 Å². The lowest BCUT2D eigenvalue weighted by Crippen LogP contribution is -2.30. The van der Waals surface area contributed by atoms with Crippen molar-refractivity contribution in [1.29, 1.82) is 0 Å². The van der Waals surface area contributed by atoms with Crippen molar-refractivity contribution >= 4 is 17.6 Å². The summed E-state index contributed by atoms with van der Waals surface area (Å²) in [6.07, 6.45) is -0.906. The molecule has 0 aliphatic rings. The van der Waals surface area contributed by atoms with Crippen LogP contribution in [0.4, 0.5) is 5.69 Å². The number of hydrogen-bond donors (Lipinski definition) is 1. The Kier molecular flexibility index (Phi) is 5.07. The van der Waals surface area contributed by atoms with Crippen LogP contribution in [0.15, 0.2) is 18.2 Å². The summed E-state index contributed by atoms with van der Waals surface area (Å²) in [6.45, 7) is 9.02. The van der Waals surface area contributed by atoms with E-state index in [0.29, 0.717) is 11.3 Å².